The molecule has 1 aliphatic heterocycles. The van der Waals surface area contributed by atoms with Crippen LogP contribution < -0.4 is 9.47 Å². The number of nitrogens with zero attached hydrogens (tertiary/aromatic N) is 2. The molecule has 0 fully saturated rings. The number of hydrogen-bond donors (Lipinski definition) is 2. The second kappa shape index (κ2) is 13.6. The summed E-state index contributed by atoms with van der Waals surface area (Å²) >= 11 is 15.6. The van der Waals surface area contributed by atoms with Gasteiger partial charge in [-0.2, -0.15) is 21.4 Å². The molecule has 14 heteroatoms. The van der Waals surface area contributed by atoms with E-state index in [1.165, 1.54) is 0 Å². The Labute approximate surface area is 258 Å². The molecular weight excluding hydrogens is 647 g/mol. The summed E-state index contributed by atoms with van der Waals surface area (Å²) in [6.45, 7) is 2.83. The van der Waals surface area contributed by atoms with Crippen molar-refractivity contribution in [3.8, 4) is 0 Å². The lowest BCUT2D eigenvalue weighted by Crippen LogP contribution is -2.36. The normalized spacial score (nSPS) is 15.5. The van der Waals surface area contributed by atoms with E-state index < -0.39 is 20.2 Å². The fourth-order valence-corrected chi connectivity index (χ4v) is 7.78. The minimum atomic E-state index is -4.06. The number of thioether (sulfide) groups is 1. The Morgan fingerprint density at radius 1 is 1.00 bits per heavy atom. The summed E-state index contributed by atoms with van der Waals surface area (Å²) in [5, 5.41) is 2.97. The molecule has 0 radical (unpaired) electrons. The topological polar surface area (TPSA) is 116 Å². The lowest BCUT2D eigenvalue weighted by atomic mass is 10.1. The number of allylic oxidation sites excluding steroid dienone is 4. The van der Waals surface area contributed by atoms with Crippen LogP contribution in [0.15, 0.2) is 70.1 Å². The number of benzene rings is 2. The van der Waals surface area contributed by atoms with Crippen LogP contribution in [0.4, 0.5) is 5.69 Å². The molecule has 220 valence electrons. The Balaban J connectivity index is 1.61. The van der Waals surface area contributed by atoms with Crippen molar-refractivity contribution >= 4 is 88.5 Å². The van der Waals surface area contributed by atoms with Gasteiger partial charge in [-0.15, -0.1) is 0 Å². The Kier molecular flexibility index (Phi) is 10.6. The third kappa shape index (κ3) is 9.04. The number of fused-ring (bicyclic) bond motifs is 2. The van der Waals surface area contributed by atoms with Crippen LogP contribution in [0.3, 0.4) is 0 Å². The fraction of sp³-hybridized carbons (Fsp3) is 0.296. The van der Waals surface area contributed by atoms with Crippen molar-refractivity contribution in [1.29, 1.82) is 0 Å². The second-order valence-electron chi connectivity index (χ2n) is 9.28. The summed E-state index contributed by atoms with van der Waals surface area (Å²) < 4.78 is 66.4. The molecule has 0 saturated heterocycles. The van der Waals surface area contributed by atoms with Gasteiger partial charge in [0.15, 0.2) is 6.54 Å². The Morgan fingerprint density at radius 3 is 2.39 bits per heavy atom. The van der Waals surface area contributed by atoms with Gasteiger partial charge < -0.3 is 4.90 Å². The van der Waals surface area contributed by atoms with Gasteiger partial charge >= 0.3 is 0 Å². The summed E-state index contributed by atoms with van der Waals surface area (Å²) in [7, 11) is -8.12. The zero-order chi connectivity index (χ0) is 29.8. The van der Waals surface area contributed by atoms with E-state index in [4.69, 9.17) is 23.2 Å². The van der Waals surface area contributed by atoms with Gasteiger partial charge in [-0.05, 0) is 54.8 Å². The van der Waals surface area contributed by atoms with Crippen molar-refractivity contribution in [2.75, 3.05) is 23.0 Å². The van der Waals surface area contributed by atoms with Gasteiger partial charge in [0.05, 0.1) is 22.2 Å². The zero-order valence-corrected chi connectivity index (χ0v) is 26.8. The van der Waals surface area contributed by atoms with Gasteiger partial charge in [0.1, 0.15) is 4.70 Å². The van der Waals surface area contributed by atoms with Crippen molar-refractivity contribution in [2.45, 2.75) is 37.6 Å². The van der Waals surface area contributed by atoms with Crippen molar-refractivity contribution in [3.63, 3.8) is 0 Å². The quantitative estimate of drug-likeness (QED) is 0.122. The van der Waals surface area contributed by atoms with E-state index in [1.807, 2.05) is 77.1 Å². The van der Waals surface area contributed by atoms with Crippen molar-refractivity contribution in [1.82, 2.24) is 0 Å². The molecule has 41 heavy (non-hydrogen) atoms. The number of rotatable bonds is 12. The molecule has 8 nitrogen and oxygen atoms in total. The number of anilines is 1. The third-order valence-corrected chi connectivity index (χ3v) is 10.6. The summed E-state index contributed by atoms with van der Waals surface area (Å²) in [6.07, 6.45) is 9.23. The monoisotopic (exact) mass is 675 g/mol. The molecule has 0 atom stereocenters. The Hall–Kier alpha value is -1.90. The van der Waals surface area contributed by atoms with E-state index in [9.17, 15) is 25.9 Å². The molecule has 1 aromatic heterocycles. The summed E-state index contributed by atoms with van der Waals surface area (Å²) in [5.41, 5.74) is 2.81. The standard InChI is InChI=1S/C27H28Cl2N2O6S4/c1-2-19(5-11-26-30(13-3-15-40(32,33)34)22-17-20(28)7-9-24(22)38-26)6-12-27-31(14-4-16-41(35,36)37)23-18-21(29)8-10-25(23)39-27/h5-12,17-18H,2-4,13-16H2,1H3,(H-,32,33,34,35,36,37)/p+1. The van der Waals surface area contributed by atoms with E-state index in [0.717, 1.165) is 42.8 Å². The lowest BCUT2D eigenvalue weighted by molar-refractivity contribution is -0.668. The van der Waals surface area contributed by atoms with Crippen LogP contribution in [-0.2, 0) is 26.8 Å². The fourth-order valence-electron chi connectivity index (χ4n) is 4.32. The average molecular weight is 677 g/mol. The maximum Gasteiger partial charge on any atom is 0.265 e. The molecule has 4 rings (SSSR count). The molecule has 1 aliphatic rings. The van der Waals surface area contributed by atoms with Crippen LogP contribution >= 0.6 is 46.3 Å². The van der Waals surface area contributed by atoms with Gasteiger partial charge in [-0.3, -0.25) is 9.11 Å². The molecule has 0 saturated carbocycles. The lowest BCUT2D eigenvalue weighted by Gasteiger charge is -2.20. The van der Waals surface area contributed by atoms with E-state index in [2.05, 4.69) is 0 Å². The molecule has 0 amide bonds. The van der Waals surface area contributed by atoms with Crippen molar-refractivity contribution < 1.29 is 30.5 Å². The van der Waals surface area contributed by atoms with Crippen LogP contribution in [0.1, 0.15) is 31.2 Å². The molecule has 2 aromatic carbocycles. The number of thiazole rings is 1. The van der Waals surface area contributed by atoms with Crippen LogP contribution in [0.2, 0.25) is 10.0 Å². The highest BCUT2D eigenvalue weighted by atomic mass is 35.5. The van der Waals surface area contributed by atoms with Crippen LogP contribution in [0, 0.1) is 0 Å². The highest BCUT2D eigenvalue weighted by molar-refractivity contribution is 8.03. The highest BCUT2D eigenvalue weighted by Crippen LogP contribution is 2.47. The van der Waals surface area contributed by atoms with Crippen LogP contribution in [0.5, 0.6) is 0 Å². The smallest absolute Gasteiger partial charge is 0.265 e. The number of halogens is 2. The van der Waals surface area contributed by atoms with Crippen LogP contribution in [-0.4, -0.2) is 44.0 Å². The predicted octanol–water partition coefficient (Wildman–Crippen LogP) is 6.85. The minimum absolute atomic E-state index is 0.250. The maximum absolute atomic E-state index is 11.3. The summed E-state index contributed by atoms with van der Waals surface area (Å²) in [4.78, 5) is 3.01. The molecule has 0 spiro atoms. The third-order valence-electron chi connectivity index (χ3n) is 6.24. The second-order valence-corrected chi connectivity index (χ2v) is 15.4. The summed E-state index contributed by atoms with van der Waals surface area (Å²) in [5.74, 6) is -0.665. The Morgan fingerprint density at radius 2 is 1.68 bits per heavy atom. The first-order valence-electron chi connectivity index (χ1n) is 12.7. The SMILES string of the molecule is CCC(C=Cc1sc2ccc(Cl)cc2[n+]1CCCS(=O)(=O)O)=CC=C1Sc2ccc(Cl)cc2N1CCCS(=O)(=O)O. The highest BCUT2D eigenvalue weighted by Gasteiger charge is 2.25. The number of hydrogen-bond acceptors (Lipinski definition) is 7. The molecule has 3 aromatic rings. The average Bonchev–Trinajstić information content (AvgIpc) is 3.40. The molecule has 2 heterocycles. The molecular formula is C27H29Cl2N2O6S4+. The maximum atomic E-state index is 11.3. The number of aryl methyl sites for hydroxylation is 1. The van der Waals surface area contributed by atoms with Gasteiger partial charge in [-0.25, -0.2) is 0 Å². The molecule has 0 unspecified atom stereocenters. The van der Waals surface area contributed by atoms with Crippen molar-refractivity contribution in [3.05, 3.63) is 80.3 Å². The van der Waals surface area contributed by atoms with E-state index in [0.29, 0.717) is 23.1 Å². The first-order valence-corrected chi connectivity index (χ1v) is 18.3. The zero-order valence-electron chi connectivity index (χ0n) is 22.0. The van der Waals surface area contributed by atoms with Gasteiger partial charge in [0, 0.05) is 40.0 Å². The Bertz CT molecular complexity index is 1750. The van der Waals surface area contributed by atoms with E-state index in [-0.39, 0.29) is 24.3 Å². The van der Waals surface area contributed by atoms with Gasteiger partial charge in [-0.1, -0.05) is 65.4 Å². The van der Waals surface area contributed by atoms with Gasteiger partial charge in [0.25, 0.3) is 25.2 Å². The first-order chi connectivity index (χ1) is 19.3. The summed E-state index contributed by atoms with van der Waals surface area (Å²) in [6, 6.07) is 11.2. The molecule has 0 aliphatic carbocycles. The van der Waals surface area contributed by atoms with E-state index in [1.54, 1.807) is 23.1 Å². The predicted molar refractivity (Wildman–Crippen MR) is 169 cm³/mol. The number of aromatic nitrogens is 1. The minimum Gasteiger partial charge on any atom is -0.335 e. The van der Waals surface area contributed by atoms with Crippen molar-refractivity contribution in [2.24, 2.45) is 0 Å². The van der Waals surface area contributed by atoms with Crippen LogP contribution in [0.25, 0.3) is 16.3 Å². The largest absolute Gasteiger partial charge is 0.335 e. The van der Waals surface area contributed by atoms with Gasteiger partial charge in [0.2, 0.25) is 5.52 Å². The molecule has 0 bridgehead atoms. The molecule has 2 N–H and O–H groups in total. The first kappa shape index (κ1) is 32.0. The van der Waals surface area contributed by atoms with E-state index >= 15 is 0 Å².